The molecule has 234 valence electrons. The summed E-state index contributed by atoms with van der Waals surface area (Å²) < 4.78 is 52.3. The number of para-hydroxylation sites is 1. The molecule has 11 nitrogen and oxygen atoms in total. The van der Waals surface area contributed by atoms with Gasteiger partial charge in [0.1, 0.15) is 28.2 Å². The van der Waals surface area contributed by atoms with Crippen LogP contribution in [0.1, 0.15) is 16.7 Å². The number of methoxy groups -OCH3 is 3. The predicted octanol–water partition coefficient (Wildman–Crippen LogP) is 3.44. The quantitative estimate of drug-likeness (QED) is 0.364. The molecule has 2 amide bonds. The van der Waals surface area contributed by atoms with E-state index in [0.717, 1.165) is 4.31 Å². The Morgan fingerprint density at radius 2 is 1.70 bits per heavy atom. The normalized spacial score (nSPS) is 20.3. The molecular formula is C31H34ClN3O8S. The first-order valence-electron chi connectivity index (χ1n) is 13.8. The summed E-state index contributed by atoms with van der Waals surface area (Å²) in [6.45, 7) is 2.09. The van der Waals surface area contributed by atoms with Crippen molar-refractivity contribution in [2.45, 2.75) is 23.4 Å². The lowest BCUT2D eigenvalue weighted by Gasteiger charge is -2.47. The number of halogens is 1. The Morgan fingerprint density at radius 3 is 2.36 bits per heavy atom. The largest absolute Gasteiger partial charge is 0.497 e. The van der Waals surface area contributed by atoms with Gasteiger partial charge in [0.25, 0.3) is 15.9 Å². The van der Waals surface area contributed by atoms with Crippen LogP contribution >= 0.6 is 11.6 Å². The van der Waals surface area contributed by atoms with Gasteiger partial charge in [0.05, 0.1) is 40.2 Å². The summed E-state index contributed by atoms with van der Waals surface area (Å²) in [5.74, 6) is -0.441. The molecule has 0 aliphatic carbocycles. The lowest BCUT2D eigenvalue weighted by Crippen LogP contribution is -2.64. The van der Waals surface area contributed by atoms with Crippen molar-refractivity contribution in [1.82, 2.24) is 9.80 Å². The standard InChI is InChI=1S/C31H34ClN3O8S/c1-19-15-22-24(17-23(19)32)35(44(38,39)28-12-11-20(40-4)16-27(28)42-6)30(37)31(22,21-9-7-8-10-26(21)41-5)34-13-14-43-18-25(34)29(36)33(2)3/h7-12,15-17,25H,13-14,18H2,1-6H3/t25-,31?/m0/s1. The number of rotatable bonds is 8. The maximum absolute atomic E-state index is 15.3. The molecule has 0 N–H and O–H groups in total. The Balaban J connectivity index is 1.89. The summed E-state index contributed by atoms with van der Waals surface area (Å²) in [6, 6.07) is 13.4. The minimum atomic E-state index is -4.64. The number of nitrogens with zero attached hydrogens (tertiary/aromatic N) is 3. The molecule has 2 aliphatic heterocycles. The van der Waals surface area contributed by atoms with Crippen LogP contribution in [0.5, 0.6) is 17.2 Å². The molecular weight excluding hydrogens is 610 g/mol. The van der Waals surface area contributed by atoms with Gasteiger partial charge in [-0.15, -0.1) is 0 Å². The molecule has 0 saturated carbocycles. The number of hydrogen-bond donors (Lipinski definition) is 0. The number of amides is 2. The van der Waals surface area contributed by atoms with Crippen molar-refractivity contribution in [2.24, 2.45) is 0 Å². The van der Waals surface area contributed by atoms with Crippen LogP contribution in [0.2, 0.25) is 5.02 Å². The van der Waals surface area contributed by atoms with Gasteiger partial charge in [-0.2, -0.15) is 0 Å². The van der Waals surface area contributed by atoms with Gasteiger partial charge in [-0.05, 0) is 42.8 Å². The van der Waals surface area contributed by atoms with Crippen LogP contribution in [0.15, 0.2) is 59.5 Å². The molecule has 0 bridgehead atoms. The van der Waals surface area contributed by atoms with Crippen molar-refractivity contribution in [3.05, 3.63) is 76.3 Å². The predicted molar refractivity (Wildman–Crippen MR) is 164 cm³/mol. The van der Waals surface area contributed by atoms with Crippen molar-refractivity contribution in [1.29, 1.82) is 0 Å². The lowest BCUT2D eigenvalue weighted by atomic mass is 9.79. The third kappa shape index (κ3) is 4.76. The van der Waals surface area contributed by atoms with Crippen molar-refractivity contribution in [3.63, 3.8) is 0 Å². The summed E-state index contributed by atoms with van der Waals surface area (Å²) in [5.41, 5.74) is -0.458. The zero-order chi connectivity index (χ0) is 32.0. The van der Waals surface area contributed by atoms with E-state index in [2.05, 4.69) is 0 Å². The fraction of sp³-hybridized carbons (Fsp3) is 0.355. The molecule has 1 fully saturated rings. The molecule has 3 aromatic carbocycles. The van der Waals surface area contributed by atoms with E-state index in [1.54, 1.807) is 56.3 Å². The van der Waals surface area contributed by atoms with Crippen molar-refractivity contribution < 1.29 is 37.0 Å². The van der Waals surface area contributed by atoms with E-state index in [4.69, 9.17) is 30.5 Å². The zero-order valence-corrected chi connectivity index (χ0v) is 26.9. The Labute approximate surface area is 261 Å². The molecule has 1 saturated heterocycles. The van der Waals surface area contributed by atoms with Gasteiger partial charge in [-0.25, -0.2) is 12.7 Å². The average molecular weight is 644 g/mol. The second-order valence-corrected chi connectivity index (χ2v) is 12.8. The molecule has 2 aliphatic rings. The SMILES string of the molecule is COc1ccc(S(=O)(=O)N2C(=O)C(c3ccccc3OC)(N3CCOC[C@H]3C(=O)N(C)C)c3cc(C)c(Cl)cc32)c(OC)c1. The molecule has 5 rings (SSSR count). The molecule has 3 aromatic rings. The van der Waals surface area contributed by atoms with E-state index >= 15 is 4.79 Å². The summed E-state index contributed by atoms with van der Waals surface area (Å²) in [4.78, 5) is 31.9. The van der Waals surface area contributed by atoms with Gasteiger partial charge in [0.15, 0.2) is 5.54 Å². The number of sulfonamides is 1. The topological polar surface area (TPSA) is 115 Å². The monoisotopic (exact) mass is 643 g/mol. The molecule has 0 spiro atoms. The molecule has 44 heavy (non-hydrogen) atoms. The number of ether oxygens (including phenoxy) is 4. The minimum Gasteiger partial charge on any atom is -0.497 e. The van der Waals surface area contributed by atoms with Gasteiger partial charge < -0.3 is 23.8 Å². The van der Waals surface area contributed by atoms with Crippen LogP contribution < -0.4 is 18.5 Å². The highest BCUT2D eigenvalue weighted by Crippen LogP contribution is 2.54. The van der Waals surface area contributed by atoms with Gasteiger partial charge in [0, 0.05) is 42.9 Å². The van der Waals surface area contributed by atoms with Crippen LogP contribution in [-0.2, 0) is 29.9 Å². The Hall–Kier alpha value is -3.84. The number of aryl methyl sites for hydroxylation is 1. The van der Waals surface area contributed by atoms with E-state index in [-0.39, 0.29) is 47.0 Å². The number of likely N-dealkylation sites (N-methyl/N-ethyl adjacent to an activating group) is 1. The molecule has 13 heteroatoms. The molecule has 2 atom stereocenters. The smallest absolute Gasteiger partial charge is 0.274 e. The first-order valence-corrected chi connectivity index (χ1v) is 15.6. The number of carbonyl (C=O) groups excluding carboxylic acids is 2. The summed E-state index contributed by atoms with van der Waals surface area (Å²) in [7, 11) is 2.84. The van der Waals surface area contributed by atoms with Gasteiger partial charge >= 0.3 is 0 Å². The summed E-state index contributed by atoms with van der Waals surface area (Å²) in [6.07, 6.45) is 0. The van der Waals surface area contributed by atoms with E-state index in [1.165, 1.54) is 50.5 Å². The number of benzene rings is 3. The van der Waals surface area contributed by atoms with Crippen LogP contribution in [0, 0.1) is 6.92 Å². The number of morpholine rings is 1. The van der Waals surface area contributed by atoms with Crippen molar-refractivity contribution in [3.8, 4) is 17.2 Å². The van der Waals surface area contributed by atoms with Crippen molar-refractivity contribution in [2.75, 3.05) is 59.5 Å². The number of hydrogen-bond acceptors (Lipinski definition) is 9. The van der Waals surface area contributed by atoms with Crippen LogP contribution in [0.3, 0.4) is 0 Å². The number of anilines is 1. The van der Waals surface area contributed by atoms with E-state index in [1.807, 2.05) is 0 Å². The van der Waals surface area contributed by atoms with Gasteiger partial charge in [-0.3, -0.25) is 14.5 Å². The Morgan fingerprint density at radius 1 is 1.00 bits per heavy atom. The zero-order valence-electron chi connectivity index (χ0n) is 25.3. The highest BCUT2D eigenvalue weighted by atomic mass is 35.5. The third-order valence-electron chi connectivity index (χ3n) is 8.05. The van der Waals surface area contributed by atoms with E-state index in [9.17, 15) is 13.2 Å². The van der Waals surface area contributed by atoms with Gasteiger partial charge in [-0.1, -0.05) is 29.8 Å². The fourth-order valence-corrected chi connectivity index (χ4v) is 7.72. The van der Waals surface area contributed by atoms with Crippen LogP contribution in [0.4, 0.5) is 5.69 Å². The highest BCUT2D eigenvalue weighted by molar-refractivity contribution is 7.93. The molecule has 0 radical (unpaired) electrons. The minimum absolute atomic E-state index is 0.0118. The first kappa shape index (κ1) is 31.6. The van der Waals surface area contributed by atoms with E-state index in [0.29, 0.717) is 28.2 Å². The molecule has 2 heterocycles. The second kappa shape index (κ2) is 11.9. The Kier molecular flexibility index (Phi) is 8.56. The molecule has 0 aromatic heterocycles. The lowest BCUT2D eigenvalue weighted by molar-refractivity contribution is -0.150. The second-order valence-electron chi connectivity index (χ2n) is 10.6. The van der Waals surface area contributed by atoms with Crippen LogP contribution in [0.25, 0.3) is 0 Å². The summed E-state index contributed by atoms with van der Waals surface area (Å²) >= 11 is 6.61. The third-order valence-corrected chi connectivity index (χ3v) is 10.2. The average Bonchev–Trinajstić information content (AvgIpc) is 3.27. The van der Waals surface area contributed by atoms with Crippen molar-refractivity contribution >= 4 is 39.1 Å². The molecule has 1 unspecified atom stereocenters. The maximum Gasteiger partial charge on any atom is 0.274 e. The maximum atomic E-state index is 15.3. The van der Waals surface area contributed by atoms with E-state index < -0.39 is 27.5 Å². The first-order chi connectivity index (χ1) is 20.9. The highest BCUT2D eigenvalue weighted by Gasteiger charge is 2.63. The van der Waals surface area contributed by atoms with Gasteiger partial charge in [0.2, 0.25) is 5.91 Å². The number of fused-ring (bicyclic) bond motifs is 1. The Bertz CT molecular complexity index is 1730. The summed E-state index contributed by atoms with van der Waals surface area (Å²) in [5, 5.41) is 0.261. The van der Waals surface area contributed by atoms with Crippen LogP contribution in [-0.4, -0.2) is 91.3 Å². The fourth-order valence-electron chi connectivity index (χ4n) is 5.97. The number of carbonyl (C=O) groups is 2.